The second-order valence-corrected chi connectivity index (χ2v) is 10.7. The average molecular weight is 674 g/mol. The highest BCUT2D eigenvalue weighted by atomic mass is 16.4. The van der Waals surface area contributed by atoms with Gasteiger partial charge in [0, 0.05) is 19.5 Å². The number of nitrogens with zero attached hydrogens (tertiary/aromatic N) is 2. The molecule has 6 atom stereocenters. The minimum absolute atomic E-state index is 0.0330. The SMILES string of the molecule is C[C@@H](O)[C@H](NC(=O)[C@H](CC(=O)O)NC(=O)CNC(=O)[C@H](CCCN=C(N)N)NC(=O)[C@@H]1CCCN1C(=O)[C@@H](N)CCC(=O)O)C(=O)O. The Morgan fingerprint density at radius 3 is 2.13 bits per heavy atom. The molecule has 21 nitrogen and oxygen atoms in total. The van der Waals surface area contributed by atoms with Crippen LogP contribution in [0.2, 0.25) is 0 Å². The number of rotatable bonds is 20. The number of carbonyl (C=O) groups is 8. The molecule has 1 fully saturated rings. The molecule has 0 radical (unpaired) electrons. The van der Waals surface area contributed by atoms with Gasteiger partial charge in [0.1, 0.15) is 18.1 Å². The molecule has 0 spiro atoms. The number of aliphatic imine (C=N–C) groups is 1. The van der Waals surface area contributed by atoms with Gasteiger partial charge in [-0.25, -0.2) is 4.79 Å². The third-order valence-corrected chi connectivity index (χ3v) is 6.90. The maximum atomic E-state index is 13.2. The molecule has 0 bridgehead atoms. The summed E-state index contributed by atoms with van der Waals surface area (Å²) in [5.41, 5.74) is 16.5. The minimum atomic E-state index is -1.80. The van der Waals surface area contributed by atoms with Crippen molar-refractivity contribution in [3.8, 4) is 0 Å². The van der Waals surface area contributed by atoms with E-state index < -0.39 is 96.7 Å². The lowest BCUT2D eigenvalue weighted by Crippen LogP contribution is -2.57. The summed E-state index contributed by atoms with van der Waals surface area (Å²) in [6.07, 6.45) is -2.19. The molecule has 14 N–H and O–H groups in total. The molecule has 1 aliphatic rings. The normalized spacial score (nSPS) is 17.2. The lowest BCUT2D eigenvalue weighted by Gasteiger charge is -2.28. The maximum Gasteiger partial charge on any atom is 0.328 e. The van der Waals surface area contributed by atoms with Crippen LogP contribution >= 0.6 is 0 Å². The molecule has 0 saturated carbocycles. The molecule has 264 valence electrons. The van der Waals surface area contributed by atoms with E-state index >= 15 is 0 Å². The first-order valence-electron chi connectivity index (χ1n) is 14.6. The quantitative estimate of drug-likeness (QED) is 0.0327. The van der Waals surface area contributed by atoms with Crippen molar-refractivity contribution in [3.05, 3.63) is 0 Å². The Morgan fingerprint density at radius 1 is 0.915 bits per heavy atom. The Labute approximate surface area is 268 Å². The number of carboxylic acids is 3. The van der Waals surface area contributed by atoms with Crippen molar-refractivity contribution in [1.29, 1.82) is 0 Å². The van der Waals surface area contributed by atoms with Crippen LogP contribution in [0.5, 0.6) is 0 Å². The van der Waals surface area contributed by atoms with Crippen molar-refractivity contribution in [2.75, 3.05) is 19.6 Å². The lowest BCUT2D eigenvalue weighted by atomic mass is 10.1. The number of nitrogens with one attached hydrogen (secondary N) is 4. The molecule has 1 aliphatic heterocycles. The number of amides is 5. The average Bonchev–Trinajstić information content (AvgIpc) is 3.47. The fourth-order valence-electron chi connectivity index (χ4n) is 4.52. The van der Waals surface area contributed by atoms with Crippen molar-refractivity contribution in [3.63, 3.8) is 0 Å². The van der Waals surface area contributed by atoms with Gasteiger partial charge in [0.05, 0.1) is 25.1 Å². The van der Waals surface area contributed by atoms with E-state index in [0.29, 0.717) is 6.42 Å². The maximum absolute atomic E-state index is 13.2. The predicted octanol–water partition coefficient (Wildman–Crippen LogP) is -5.27. The number of likely N-dealkylation sites (tertiary alicyclic amines) is 1. The Morgan fingerprint density at radius 2 is 1.57 bits per heavy atom. The Hall–Kier alpha value is -5.05. The van der Waals surface area contributed by atoms with E-state index in [2.05, 4.69) is 20.9 Å². The fraction of sp³-hybridized carbons (Fsp3) is 0.654. The van der Waals surface area contributed by atoms with Gasteiger partial charge in [-0.05, 0) is 39.0 Å². The van der Waals surface area contributed by atoms with Gasteiger partial charge in [-0.1, -0.05) is 0 Å². The molecule has 5 amide bonds. The van der Waals surface area contributed by atoms with Crippen LogP contribution in [0, 0.1) is 0 Å². The number of aliphatic hydroxyl groups is 1. The topological polar surface area (TPSA) is 359 Å². The van der Waals surface area contributed by atoms with E-state index in [0.717, 1.165) is 6.92 Å². The first kappa shape index (κ1) is 40.0. The number of hydrogen-bond acceptors (Lipinski definition) is 11. The highest BCUT2D eigenvalue weighted by molar-refractivity contribution is 5.96. The van der Waals surface area contributed by atoms with Gasteiger partial charge in [-0.2, -0.15) is 0 Å². The summed E-state index contributed by atoms with van der Waals surface area (Å²) >= 11 is 0. The fourth-order valence-corrected chi connectivity index (χ4v) is 4.52. The zero-order valence-corrected chi connectivity index (χ0v) is 25.7. The highest BCUT2D eigenvalue weighted by Gasteiger charge is 2.38. The second-order valence-electron chi connectivity index (χ2n) is 10.7. The summed E-state index contributed by atoms with van der Waals surface area (Å²) in [5, 5.41) is 45.5. The Kier molecular flexibility index (Phi) is 16.6. The number of nitrogens with two attached hydrogens (primary N) is 3. The second kappa shape index (κ2) is 19.5. The van der Waals surface area contributed by atoms with Crippen LogP contribution in [-0.4, -0.2) is 135 Å². The van der Waals surface area contributed by atoms with Crippen molar-refractivity contribution in [2.45, 2.75) is 88.2 Å². The van der Waals surface area contributed by atoms with Crippen LogP contribution < -0.4 is 38.5 Å². The first-order chi connectivity index (χ1) is 21.9. The summed E-state index contributed by atoms with van der Waals surface area (Å²) in [6.45, 7) is 0.526. The molecule has 21 heteroatoms. The van der Waals surface area contributed by atoms with Gasteiger partial charge in [0.25, 0.3) is 0 Å². The monoisotopic (exact) mass is 673 g/mol. The number of carboxylic acid groups (broad SMARTS) is 3. The molecule has 0 unspecified atom stereocenters. The van der Waals surface area contributed by atoms with Gasteiger partial charge in [-0.15, -0.1) is 0 Å². The van der Waals surface area contributed by atoms with Crippen molar-refractivity contribution in [1.82, 2.24) is 26.2 Å². The third kappa shape index (κ3) is 14.3. The van der Waals surface area contributed by atoms with Crippen molar-refractivity contribution >= 4 is 53.4 Å². The van der Waals surface area contributed by atoms with E-state index in [4.69, 9.17) is 32.5 Å². The van der Waals surface area contributed by atoms with Crippen LogP contribution in [0.25, 0.3) is 0 Å². The zero-order valence-electron chi connectivity index (χ0n) is 25.7. The highest BCUT2D eigenvalue weighted by Crippen LogP contribution is 2.19. The van der Waals surface area contributed by atoms with Gasteiger partial charge in [0.15, 0.2) is 12.0 Å². The van der Waals surface area contributed by atoms with E-state index in [1.807, 2.05) is 5.32 Å². The molecule has 47 heavy (non-hydrogen) atoms. The molecular weight excluding hydrogens is 630 g/mol. The minimum Gasteiger partial charge on any atom is -0.481 e. The number of aliphatic hydroxyl groups excluding tert-OH is 1. The molecule has 1 saturated heterocycles. The first-order valence-corrected chi connectivity index (χ1v) is 14.6. The predicted molar refractivity (Wildman–Crippen MR) is 160 cm³/mol. The summed E-state index contributed by atoms with van der Waals surface area (Å²) in [5.74, 6) is -8.96. The summed E-state index contributed by atoms with van der Waals surface area (Å²) < 4.78 is 0. The number of guanidine groups is 1. The summed E-state index contributed by atoms with van der Waals surface area (Å²) in [4.78, 5) is 103. The van der Waals surface area contributed by atoms with Gasteiger partial charge in [-0.3, -0.25) is 38.6 Å². The zero-order chi connectivity index (χ0) is 35.8. The third-order valence-electron chi connectivity index (χ3n) is 6.90. The summed E-state index contributed by atoms with van der Waals surface area (Å²) in [6, 6.07) is -7.03. The number of carbonyl (C=O) groups excluding carboxylic acids is 5. The van der Waals surface area contributed by atoms with Crippen LogP contribution in [0.1, 0.15) is 51.9 Å². The van der Waals surface area contributed by atoms with Crippen LogP contribution in [-0.2, 0) is 38.4 Å². The van der Waals surface area contributed by atoms with Gasteiger partial charge >= 0.3 is 17.9 Å². The standard InChI is InChI=1S/C26H43N9O12/c1-12(36)20(25(46)47)34-22(43)15(10-19(40)41)32-17(37)11-31-21(42)14(4-2-8-30-26(28)29)33-23(44)16-5-3-9-35(16)24(45)13(27)6-7-18(38)39/h12-16,20,36H,2-11,27H2,1H3,(H,31,42)(H,32,37)(H,33,44)(H,34,43)(H,38,39)(H,40,41)(H,46,47)(H4,28,29,30)/t12-,13+,14+,15+,16+,20+/m1/s1. The molecule has 1 rings (SSSR count). The molecular formula is C26H43N9O12. The van der Waals surface area contributed by atoms with E-state index in [1.165, 1.54) is 4.90 Å². The number of aliphatic carboxylic acids is 3. The van der Waals surface area contributed by atoms with E-state index in [9.17, 15) is 43.5 Å². The van der Waals surface area contributed by atoms with Gasteiger partial charge < -0.3 is 63.8 Å². The van der Waals surface area contributed by atoms with E-state index in [-0.39, 0.29) is 51.2 Å². The molecule has 0 aromatic rings. The number of hydrogen-bond donors (Lipinski definition) is 11. The summed E-state index contributed by atoms with van der Waals surface area (Å²) in [7, 11) is 0. The lowest BCUT2D eigenvalue weighted by molar-refractivity contribution is -0.146. The Bertz CT molecular complexity index is 1210. The molecule has 0 aromatic carbocycles. The molecule has 0 aliphatic carbocycles. The van der Waals surface area contributed by atoms with E-state index in [1.54, 1.807) is 0 Å². The van der Waals surface area contributed by atoms with Crippen molar-refractivity contribution < 1.29 is 58.8 Å². The largest absolute Gasteiger partial charge is 0.481 e. The molecule has 1 heterocycles. The molecule has 0 aromatic heterocycles. The Balaban J connectivity index is 2.97. The van der Waals surface area contributed by atoms with Crippen LogP contribution in [0.15, 0.2) is 4.99 Å². The van der Waals surface area contributed by atoms with Gasteiger partial charge in [0.2, 0.25) is 29.5 Å². The van der Waals surface area contributed by atoms with Crippen LogP contribution in [0.3, 0.4) is 0 Å². The smallest absolute Gasteiger partial charge is 0.328 e. The van der Waals surface area contributed by atoms with Crippen LogP contribution in [0.4, 0.5) is 0 Å². The van der Waals surface area contributed by atoms with Crippen molar-refractivity contribution in [2.24, 2.45) is 22.2 Å².